The van der Waals surface area contributed by atoms with Gasteiger partial charge in [0.2, 0.25) is 0 Å². The molecule has 2 aromatic rings. The Hall–Kier alpha value is -2.04. The number of nitrogens with zero attached hydrogens (tertiary/aromatic N) is 1. The highest BCUT2D eigenvalue weighted by Crippen LogP contribution is 2.21. The molecule has 5 nitrogen and oxygen atoms in total. The van der Waals surface area contributed by atoms with Crippen LogP contribution in [0.15, 0.2) is 22.6 Å². The largest absolute Gasteiger partial charge is 0.478 e. The highest BCUT2D eigenvalue weighted by Gasteiger charge is 2.09. The van der Waals surface area contributed by atoms with Crippen LogP contribution in [0.3, 0.4) is 0 Å². The first-order valence-corrected chi connectivity index (χ1v) is 4.47. The van der Waals surface area contributed by atoms with Gasteiger partial charge in [-0.15, -0.1) is 0 Å². The van der Waals surface area contributed by atoms with Crippen LogP contribution in [0, 0.1) is 0 Å². The lowest BCUT2D eigenvalue weighted by atomic mass is 10.2. The predicted octanol–water partition coefficient (Wildman–Crippen LogP) is 1.92. The Morgan fingerprint density at radius 3 is 3.07 bits per heavy atom. The van der Waals surface area contributed by atoms with Crippen LogP contribution in [0.2, 0.25) is 0 Å². The van der Waals surface area contributed by atoms with Crippen molar-refractivity contribution in [2.75, 3.05) is 6.61 Å². The highest BCUT2D eigenvalue weighted by atomic mass is 16.6. The molecule has 0 saturated heterocycles. The lowest BCUT2D eigenvalue weighted by Crippen LogP contribution is -1.94. The van der Waals surface area contributed by atoms with Gasteiger partial charge in [0.1, 0.15) is 5.52 Å². The fraction of sp³-hybridized carbons (Fsp3) is 0.200. The van der Waals surface area contributed by atoms with Gasteiger partial charge in [-0.1, -0.05) is 0 Å². The van der Waals surface area contributed by atoms with Crippen LogP contribution in [0.4, 0.5) is 0 Å². The molecule has 0 fully saturated rings. The van der Waals surface area contributed by atoms with E-state index in [4.69, 9.17) is 14.3 Å². The van der Waals surface area contributed by atoms with Crippen LogP contribution in [0.1, 0.15) is 17.3 Å². The Labute approximate surface area is 85.3 Å². The minimum absolute atomic E-state index is 0.162. The van der Waals surface area contributed by atoms with Gasteiger partial charge >= 0.3 is 12.0 Å². The molecule has 0 spiro atoms. The fourth-order valence-corrected chi connectivity index (χ4v) is 1.22. The third-order valence-corrected chi connectivity index (χ3v) is 1.88. The fourth-order valence-electron chi connectivity index (χ4n) is 1.22. The van der Waals surface area contributed by atoms with E-state index in [1.165, 1.54) is 12.1 Å². The monoisotopic (exact) mass is 207 g/mol. The van der Waals surface area contributed by atoms with Crippen molar-refractivity contribution in [1.82, 2.24) is 4.98 Å². The van der Waals surface area contributed by atoms with Crippen molar-refractivity contribution in [1.29, 1.82) is 0 Å². The summed E-state index contributed by atoms with van der Waals surface area (Å²) < 4.78 is 10.3. The van der Waals surface area contributed by atoms with Crippen molar-refractivity contribution in [2.45, 2.75) is 6.92 Å². The van der Waals surface area contributed by atoms with Crippen LogP contribution in [0.5, 0.6) is 6.08 Å². The van der Waals surface area contributed by atoms with Crippen LogP contribution < -0.4 is 4.74 Å². The molecule has 0 amide bonds. The van der Waals surface area contributed by atoms with E-state index in [-0.39, 0.29) is 11.6 Å². The Morgan fingerprint density at radius 1 is 1.60 bits per heavy atom. The number of aromatic nitrogens is 1. The van der Waals surface area contributed by atoms with E-state index >= 15 is 0 Å². The summed E-state index contributed by atoms with van der Waals surface area (Å²) in [7, 11) is 0. The quantitative estimate of drug-likeness (QED) is 0.832. The number of benzene rings is 1. The molecule has 0 bridgehead atoms. The minimum Gasteiger partial charge on any atom is -0.478 e. The van der Waals surface area contributed by atoms with Crippen LogP contribution >= 0.6 is 0 Å². The average molecular weight is 207 g/mol. The highest BCUT2D eigenvalue weighted by molar-refractivity contribution is 5.91. The predicted molar refractivity (Wildman–Crippen MR) is 52.1 cm³/mol. The summed E-state index contributed by atoms with van der Waals surface area (Å²) in [6.07, 6.45) is 0.162. The zero-order chi connectivity index (χ0) is 10.8. The SMILES string of the molecule is CCOc1nc2cc(C(=O)O)ccc2o1. The molecular weight excluding hydrogens is 198 g/mol. The normalized spacial score (nSPS) is 10.5. The molecule has 0 unspecified atom stereocenters. The summed E-state index contributed by atoms with van der Waals surface area (Å²) in [5.74, 6) is -0.988. The maximum Gasteiger partial charge on any atom is 0.394 e. The molecule has 5 heteroatoms. The summed E-state index contributed by atoms with van der Waals surface area (Å²) >= 11 is 0. The molecule has 1 aromatic carbocycles. The number of ether oxygens (including phenoxy) is 1. The van der Waals surface area contributed by atoms with Gasteiger partial charge in [-0.05, 0) is 25.1 Å². The van der Waals surface area contributed by atoms with Crippen molar-refractivity contribution >= 4 is 17.1 Å². The second-order valence-corrected chi connectivity index (χ2v) is 2.90. The van der Waals surface area contributed by atoms with Gasteiger partial charge in [-0.2, -0.15) is 4.98 Å². The molecule has 78 valence electrons. The van der Waals surface area contributed by atoms with Crippen molar-refractivity contribution in [3.05, 3.63) is 23.8 Å². The lowest BCUT2D eigenvalue weighted by molar-refractivity contribution is 0.0697. The van der Waals surface area contributed by atoms with Crippen molar-refractivity contribution in [3.8, 4) is 6.08 Å². The second kappa shape index (κ2) is 3.61. The maximum absolute atomic E-state index is 10.7. The average Bonchev–Trinajstić information content (AvgIpc) is 2.59. The van der Waals surface area contributed by atoms with E-state index in [2.05, 4.69) is 4.98 Å². The topological polar surface area (TPSA) is 72.6 Å². The number of aromatic carboxylic acids is 1. The van der Waals surface area contributed by atoms with Gasteiger partial charge < -0.3 is 14.3 Å². The maximum atomic E-state index is 10.7. The summed E-state index contributed by atoms with van der Waals surface area (Å²) in [6, 6.07) is 4.48. The molecule has 0 aliphatic carbocycles. The Kier molecular flexibility index (Phi) is 2.29. The number of hydrogen-bond acceptors (Lipinski definition) is 4. The van der Waals surface area contributed by atoms with Gasteiger partial charge in [-0.3, -0.25) is 0 Å². The van der Waals surface area contributed by atoms with Crippen LogP contribution in [0.25, 0.3) is 11.1 Å². The van der Waals surface area contributed by atoms with Gasteiger partial charge in [0.15, 0.2) is 5.58 Å². The summed E-state index contributed by atoms with van der Waals surface area (Å²) in [6.45, 7) is 2.27. The van der Waals surface area contributed by atoms with E-state index in [1.54, 1.807) is 6.07 Å². The molecule has 1 N–H and O–H groups in total. The first-order valence-electron chi connectivity index (χ1n) is 4.47. The molecule has 15 heavy (non-hydrogen) atoms. The number of fused-ring (bicyclic) bond motifs is 1. The van der Waals surface area contributed by atoms with Crippen molar-refractivity contribution < 1.29 is 19.1 Å². The molecule has 0 atom stereocenters. The van der Waals surface area contributed by atoms with Crippen LogP contribution in [-0.2, 0) is 0 Å². The third-order valence-electron chi connectivity index (χ3n) is 1.88. The molecule has 0 saturated carbocycles. The van der Waals surface area contributed by atoms with E-state index in [1.807, 2.05) is 6.92 Å². The standard InChI is InChI=1S/C10H9NO4/c1-2-14-10-11-7-5-6(9(12)13)3-4-8(7)15-10/h3-5H,2H2,1H3,(H,12,13). The molecule has 2 rings (SSSR count). The zero-order valence-corrected chi connectivity index (χ0v) is 8.06. The number of carboxylic acid groups (broad SMARTS) is 1. The van der Waals surface area contributed by atoms with Gasteiger partial charge in [0.05, 0.1) is 12.2 Å². The second-order valence-electron chi connectivity index (χ2n) is 2.90. The number of carbonyl (C=O) groups is 1. The number of hydrogen-bond donors (Lipinski definition) is 1. The van der Waals surface area contributed by atoms with Crippen molar-refractivity contribution in [3.63, 3.8) is 0 Å². The Balaban J connectivity index is 2.47. The van der Waals surface area contributed by atoms with E-state index in [0.29, 0.717) is 17.7 Å². The Morgan fingerprint density at radius 2 is 2.40 bits per heavy atom. The summed E-state index contributed by atoms with van der Waals surface area (Å²) in [5, 5.41) is 8.76. The molecular formula is C10H9NO4. The smallest absolute Gasteiger partial charge is 0.394 e. The molecule has 0 aliphatic rings. The summed E-state index contributed by atoms with van der Waals surface area (Å²) in [4.78, 5) is 14.7. The Bertz CT molecular complexity index is 503. The minimum atomic E-state index is -0.988. The first-order chi connectivity index (χ1) is 7.20. The van der Waals surface area contributed by atoms with Crippen LogP contribution in [-0.4, -0.2) is 22.7 Å². The molecule has 0 aliphatic heterocycles. The van der Waals surface area contributed by atoms with E-state index in [9.17, 15) is 4.79 Å². The number of rotatable bonds is 3. The van der Waals surface area contributed by atoms with E-state index < -0.39 is 5.97 Å². The van der Waals surface area contributed by atoms with Gasteiger partial charge in [-0.25, -0.2) is 4.79 Å². The molecule has 1 heterocycles. The van der Waals surface area contributed by atoms with Crippen molar-refractivity contribution in [2.24, 2.45) is 0 Å². The summed E-state index contributed by atoms with van der Waals surface area (Å²) in [5.41, 5.74) is 1.18. The first kappa shape index (κ1) is 9.51. The van der Waals surface area contributed by atoms with E-state index in [0.717, 1.165) is 0 Å². The molecule has 0 radical (unpaired) electrons. The van der Waals surface area contributed by atoms with Gasteiger partial charge in [0, 0.05) is 0 Å². The zero-order valence-electron chi connectivity index (χ0n) is 8.06. The molecule has 1 aromatic heterocycles. The number of oxazole rings is 1. The third kappa shape index (κ3) is 1.76. The van der Waals surface area contributed by atoms with Gasteiger partial charge in [0.25, 0.3) is 0 Å². The number of carboxylic acids is 1. The lowest BCUT2D eigenvalue weighted by Gasteiger charge is -1.91.